The zero-order valence-electron chi connectivity index (χ0n) is 23.9. The van der Waals surface area contributed by atoms with Gasteiger partial charge in [-0.3, -0.25) is 4.79 Å². The minimum Gasteiger partial charge on any atom is -0.390 e. The topological polar surface area (TPSA) is 126 Å². The number of nitrogens with one attached hydrogen (secondary N) is 1. The molecule has 0 unspecified atom stereocenters. The summed E-state index contributed by atoms with van der Waals surface area (Å²) >= 11 is 0.739. The first kappa shape index (κ1) is 30.3. The van der Waals surface area contributed by atoms with Crippen LogP contribution in [0.3, 0.4) is 0 Å². The Kier molecular flexibility index (Phi) is 8.87. The van der Waals surface area contributed by atoms with Crippen LogP contribution in [0.5, 0.6) is 0 Å². The molecule has 1 aliphatic rings. The van der Waals surface area contributed by atoms with Crippen LogP contribution in [0.25, 0.3) is 11.1 Å². The van der Waals surface area contributed by atoms with Gasteiger partial charge in [0, 0.05) is 0 Å². The number of aliphatic hydroxyl groups is 2. The van der Waals surface area contributed by atoms with Crippen LogP contribution in [0.1, 0.15) is 91.9 Å². The van der Waals surface area contributed by atoms with Crippen LogP contribution in [0, 0.1) is 0 Å². The molecule has 216 valence electrons. The van der Waals surface area contributed by atoms with Gasteiger partial charge < -0.3 is 14.9 Å². The molecule has 8 nitrogen and oxygen atoms in total. The lowest BCUT2D eigenvalue weighted by Crippen LogP contribution is -2.32. The van der Waals surface area contributed by atoms with Gasteiger partial charge in [-0.15, -0.1) is 11.3 Å². The molecule has 1 aliphatic heterocycles. The maximum absolute atomic E-state index is 13.2. The second-order valence-corrected chi connectivity index (χ2v) is 14.3. The highest BCUT2D eigenvalue weighted by atomic mass is 32.2. The standard InChI is InChI=1S/C30H38N2O6S2/c1-17(2)23-12-21(20-8-7-19-9-10-38-16-22(19)11-20)13-24(18(3)4)25(23)14-27(34)32-40(36,37)28-26(15-33)31-29(39-28)30(5,6)35/h7-8,11-13,17-18,33,35H,9-10,14-16H2,1-6H3,(H,32,34). The summed E-state index contributed by atoms with van der Waals surface area (Å²) in [6.45, 7) is 11.9. The largest absolute Gasteiger partial charge is 0.390 e. The van der Waals surface area contributed by atoms with E-state index in [1.165, 1.54) is 25.0 Å². The van der Waals surface area contributed by atoms with E-state index in [1.807, 2.05) is 0 Å². The van der Waals surface area contributed by atoms with E-state index in [4.69, 9.17) is 4.74 Å². The number of hydrogen-bond donors (Lipinski definition) is 3. The van der Waals surface area contributed by atoms with E-state index < -0.39 is 28.1 Å². The number of aromatic nitrogens is 1. The maximum atomic E-state index is 13.2. The van der Waals surface area contributed by atoms with Crippen molar-refractivity contribution in [1.82, 2.24) is 9.71 Å². The number of aliphatic hydroxyl groups excluding tert-OH is 1. The first-order valence-electron chi connectivity index (χ1n) is 13.5. The van der Waals surface area contributed by atoms with Gasteiger partial charge in [-0.1, -0.05) is 52.0 Å². The molecule has 0 aliphatic carbocycles. The number of carbonyl (C=O) groups excluding carboxylic acids is 1. The third-order valence-electron chi connectivity index (χ3n) is 7.04. The predicted molar refractivity (Wildman–Crippen MR) is 156 cm³/mol. The van der Waals surface area contributed by atoms with E-state index in [2.05, 4.69) is 67.7 Å². The number of rotatable bonds is 9. The number of thiazole rings is 1. The minimum atomic E-state index is -4.31. The fourth-order valence-corrected chi connectivity index (χ4v) is 7.46. The van der Waals surface area contributed by atoms with Crippen LogP contribution < -0.4 is 4.72 Å². The van der Waals surface area contributed by atoms with E-state index in [0.717, 1.165) is 52.2 Å². The highest BCUT2D eigenvalue weighted by Crippen LogP contribution is 2.36. The Morgan fingerprint density at radius 3 is 2.30 bits per heavy atom. The van der Waals surface area contributed by atoms with Gasteiger partial charge in [-0.05, 0) is 77.1 Å². The monoisotopic (exact) mass is 586 g/mol. The number of hydrogen-bond acceptors (Lipinski definition) is 8. The number of amides is 1. The van der Waals surface area contributed by atoms with Crippen LogP contribution >= 0.6 is 11.3 Å². The van der Waals surface area contributed by atoms with E-state index >= 15 is 0 Å². The first-order chi connectivity index (χ1) is 18.7. The van der Waals surface area contributed by atoms with E-state index in [9.17, 15) is 23.4 Å². The highest BCUT2D eigenvalue weighted by molar-refractivity contribution is 7.92. The molecule has 2 heterocycles. The molecule has 1 amide bonds. The normalized spacial score (nSPS) is 14.1. The summed E-state index contributed by atoms with van der Waals surface area (Å²) in [5.74, 6) is -0.492. The summed E-state index contributed by atoms with van der Waals surface area (Å²) in [6, 6.07) is 10.7. The quantitative estimate of drug-likeness (QED) is 0.326. The van der Waals surface area contributed by atoms with Gasteiger partial charge in [-0.25, -0.2) is 18.1 Å². The van der Waals surface area contributed by atoms with E-state index in [0.29, 0.717) is 6.61 Å². The zero-order valence-corrected chi connectivity index (χ0v) is 25.5. The van der Waals surface area contributed by atoms with Gasteiger partial charge in [0.25, 0.3) is 10.0 Å². The van der Waals surface area contributed by atoms with Crippen LogP contribution in [0.4, 0.5) is 0 Å². The minimum absolute atomic E-state index is 0.0923. The van der Waals surface area contributed by atoms with Crippen molar-refractivity contribution in [2.75, 3.05) is 6.61 Å². The lowest BCUT2D eigenvalue weighted by atomic mass is 9.83. The molecule has 0 radical (unpaired) electrons. The second-order valence-electron chi connectivity index (χ2n) is 11.4. The fraction of sp³-hybridized carbons (Fsp3) is 0.467. The molecule has 0 bridgehead atoms. The van der Waals surface area contributed by atoms with Gasteiger partial charge in [0.05, 0.1) is 31.9 Å². The Balaban J connectivity index is 1.68. The fourth-order valence-electron chi connectivity index (χ4n) is 4.97. The molecule has 40 heavy (non-hydrogen) atoms. The van der Waals surface area contributed by atoms with Crippen molar-refractivity contribution in [1.29, 1.82) is 0 Å². The Morgan fingerprint density at radius 1 is 1.07 bits per heavy atom. The highest BCUT2D eigenvalue weighted by Gasteiger charge is 2.31. The summed E-state index contributed by atoms with van der Waals surface area (Å²) in [7, 11) is -4.31. The SMILES string of the molecule is CC(C)c1cc(-c2ccc3c(c2)COCC3)cc(C(C)C)c1CC(=O)NS(=O)(=O)c1sc(C(C)(C)O)nc1CO. The maximum Gasteiger partial charge on any atom is 0.275 e. The third kappa shape index (κ3) is 6.47. The summed E-state index contributed by atoms with van der Waals surface area (Å²) in [5.41, 5.74) is 5.91. The molecule has 2 aromatic carbocycles. The van der Waals surface area contributed by atoms with Crippen molar-refractivity contribution >= 4 is 27.3 Å². The number of carbonyl (C=O) groups is 1. The molecule has 0 fully saturated rings. The van der Waals surface area contributed by atoms with Crippen molar-refractivity contribution in [3.05, 3.63) is 68.9 Å². The van der Waals surface area contributed by atoms with Crippen LogP contribution in [-0.4, -0.2) is 36.1 Å². The molecule has 0 atom stereocenters. The Morgan fingerprint density at radius 2 is 1.73 bits per heavy atom. The lowest BCUT2D eigenvalue weighted by molar-refractivity contribution is -0.118. The molecule has 0 saturated heterocycles. The van der Waals surface area contributed by atoms with Crippen molar-refractivity contribution in [3.63, 3.8) is 0 Å². The molecule has 0 spiro atoms. The van der Waals surface area contributed by atoms with Crippen molar-refractivity contribution in [3.8, 4) is 11.1 Å². The van der Waals surface area contributed by atoms with Crippen LogP contribution in [0.15, 0.2) is 34.5 Å². The van der Waals surface area contributed by atoms with Gasteiger partial charge >= 0.3 is 0 Å². The summed E-state index contributed by atoms with van der Waals surface area (Å²) in [5, 5.41) is 20.1. The average Bonchev–Trinajstić information content (AvgIpc) is 3.34. The summed E-state index contributed by atoms with van der Waals surface area (Å²) in [4.78, 5) is 17.3. The summed E-state index contributed by atoms with van der Waals surface area (Å²) < 4.78 is 33.9. The Labute approximate surface area is 240 Å². The Hall–Kier alpha value is -2.63. The summed E-state index contributed by atoms with van der Waals surface area (Å²) in [6.07, 6.45) is 0.783. The molecule has 3 N–H and O–H groups in total. The zero-order chi connectivity index (χ0) is 29.4. The van der Waals surface area contributed by atoms with Gasteiger partial charge in [0.1, 0.15) is 10.6 Å². The number of benzene rings is 2. The van der Waals surface area contributed by atoms with Crippen LogP contribution in [0.2, 0.25) is 0 Å². The number of ether oxygens (including phenoxy) is 1. The number of nitrogens with zero attached hydrogens (tertiary/aromatic N) is 1. The van der Waals surface area contributed by atoms with Gasteiger partial charge in [0.15, 0.2) is 4.21 Å². The lowest BCUT2D eigenvalue weighted by Gasteiger charge is -2.23. The molecule has 3 aromatic rings. The molecule has 1 aromatic heterocycles. The molecule has 0 saturated carbocycles. The average molecular weight is 587 g/mol. The molecule has 4 rings (SSSR count). The first-order valence-corrected chi connectivity index (χ1v) is 15.8. The van der Waals surface area contributed by atoms with Crippen molar-refractivity contribution < 1.29 is 28.2 Å². The number of fused-ring (bicyclic) bond motifs is 1. The molecule has 10 heteroatoms. The Bertz CT molecular complexity index is 1490. The van der Waals surface area contributed by atoms with E-state index in [-0.39, 0.29) is 33.2 Å². The third-order valence-corrected chi connectivity index (χ3v) is 10.4. The van der Waals surface area contributed by atoms with Crippen molar-refractivity contribution in [2.24, 2.45) is 0 Å². The molecular weight excluding hydrogens is 548 g/mol. The molecular formula is C30H38N2O6S2. The van der Waals surface area contributed by atoms with Crippen LogP contribution in [-0.2, 0) is 51.2 Å². The number of sulfonamides is 1. The smallest absolute Gasteiger partial charge is 0.275 e. The second kappa shape index (κ2) is 11.7. The van der Waals surface area contributed by atoms with E-state index in [1.54, 1.807) is 0 Å². The van der Waals surface area contributed by atoms with Gasteiger partial charge in [-0.2, -0.15) is 0 Å². The van der Waals surface area contributed by atoms with Crippen molar-refractivity contribution in [2.45, 2.75) is 89.2 Å². The van der Waals surface area contributed by atoms with Gasteiger partial charge in [0.2, 0.25) is 5.91 Å². The predicted octanol–water partition coefficient (Wildman–Crippen LogP) is 4.90.